The number of likely N-dealkylation sites (tertiary alicyclic amines) is 1. The summed E-state index contributed by atoms with van der Waals surface area (Å²) in [5.41, 5.74) is 3.79. The number of thiophene rings is 1. The second-order valence-electron chi connectivity index (χ2n) is 8.29. The van der Waals surface area contributed by atoms with Gasteiger partial charge in [-0.25, -0.2) is 9.66 Å². The Hall–Kier alpha value is -3.33. The van der Waals surface area contributed by atoms with Crippen LogP contribution in [0.4, 0.5) is 0 Å². The summed E-state index contributed by atoms with van der Waals surface area (Å²) in [7, 11) is 0. The zero-order chi connectivity index (χ0) is 22.4. The Morgan fingerprint density at radius 1 is 1.09 bits per heavy atom. The Morgan fingerprint density at radius 3 is 2.41 bits per heavy atom. The van der Waals surface area contributed by atoms with Crippen molar-refractivity contribution in [2.45, 2.75) is 32.6 Å². The number of carbonyl (C=O) groups excluding carboxylic acids is 3. The van der Waals surface area contributed by atoms with Crippen molar-refractivity contribution in [3.8, 4) is 11.1 Å². The zero-order valence-electron chi connectivity index (χ0n) is 17.5. The summed E-state index contributed by atoms with van der Waals surface area (Å²) in [4.78, 5) is 58.1. The number of fused-ring (bicyclic) bond motifs is 2. The van der Waals surface area contributed by atoms with Gasteiger partial charge in [0, 0.05) is 10.4 Å². The van der Waals surface area contributed by atoms with Crippen LogP contribution < -0.4 is 11.0 Å². The molecule has 164 valence electrons. The van der Waals surface area contributed by atoms with E-state index in [0.29, 0.717) is 23.1 Å². The molecule has 2 fully saturated rings. The van der Waals surface area contributed by atoms with Gasteiger partial charge in [-0.15, -0.1) is 11.3 Å². The third-order valence-corrected chi connectivity index (χ3v) is 7.34. The second kappa shape index (κ2) is 7.98. The highest BCUT2D eigenvalue weighted by Gasteiger charge is 2.48. The number of carbonyl (C=O) groups is 3. The number of hydrogen-bond donors (Lipinski definition) is 1. The first-order chi connectivity index (χ1) is 15.5. The summed E-state index contributed by atoms with van der Waals surface area (Å²) in [5, 5.41) is 0.431. The van der Waals surface area contributed by atoms with Crippen LogP contribution in [0.5, 0.6) is 0 Å². The van der Waals surface area contributed by atoms with Crippen molar-refractivity contribution < 1.29 is 14.4 Å². The summed E-state index contributed by atoms with van der Waals surface area (Å²) in [6, 6.07) is 9.55. The van der Waals surface area contributed by atoms with Crippen LogP contribution in [0.3, 0.4) is 0 Å². The van der Waals surface area contributed by atoms with E-state index in [1.165, 1.54) is 17.7 Å². The molecule has 2 aliphatic rings. The molecule has 3 amide bonds. The molecule has 1 N–H and O–H groups in total. The molecule has 2 atom stereocenters. The summed E-state index contributed by atoms with van der Waals surface area (Å²) >= 11 is 1.42. The van der Waals surface area contributed by atoms with Gasteiger partial charge in [0.05, 0.1) is 17.2 Å². The molecule has 0 spiro atoms. The largest absolute Gasteiger partial charge is 0.281 e. The van der Waals surface area contributed by atoms with E-state index in [-0.39, 0.29) is 23.7 Å². The summed E-state index contributed by atoms with van der Waals surface area (Å²) in [5.74, 6) is -1.80. The molecule has 1 aromatic carbocycles. The Labute approximate surface area is 187 Å². The number of imide groups is 1. The van der Waals surface area contributed by atoms with Crippen molar-refractivity contribution in [1.82, 2.24) is 14.6 Å². The molecule has 3 aromatic rings. The Bertz CT molecular complexity index is 1270. The number of amides is 3. The number of aryl methyl sites for hydroxylation is 1. The molecule has 5 rings (SSSR count). The van der Waals surface area contributed by atoms with Crippen LogP contribution in [0.1, 0.15) is 30.6 Å². The highest BCUT2D eigenvalue weighted by atomic mass is 32.1. The van der Waals surface area contributed by atoms with Gasteiger partial charge in [-0.1, -0.05) is 43.2 Å². The van der Waals surface area contributed by atoms with Gasteiger partial charge in [0.15, 0.2) is 0 Å². The molecular weight excluding hydrogens is 428 g/mol. The van der Waals surface area contributed by atoms with Crippen LogP contribution >= 0.6 is 11.3 Å². The minimum Gasteiger partial charge on any atom is -0.274 e. The monoisotopic (exact) mass is 450 g/mol. The van der Waals surface area contributed by atoms with Gasteiger partial charge >= 0.3 is 0 Å². The van der Waals surface area contributed by atoms with Crippen molar-refractivity contribution in [3.05, 3.63) is 51.9 Å². The first kappa shape index (κ1) is 20.6. The van der Waals surface area contributed by atoms with Gasteiger partial charge in [0.2, 0.25) is 11.8 Å². The van der Waals surface area contributed by atoms with Crippen LogP contribution in [-0.2, 0) is 14.4 Å². The molecule has 1 aliphatic heterocycles. The van der Waals surface area contributed by atoms with Crippen molar-refractivity contribution in [2.75, 3.05) is 12.0 Å². The zero-order valence-corrected chi connectivity index (χ0v) is 18.4. The predicted molar refractivity (Wildman–Crippen MR) is 121 cm³/mol. The topological polar surface area (TPSA) is 101 Å². The minimum atomic E-state index is -0.609. The van der Waals surface area contributed by atoms with E-state index >= 15 is 0 Å². The SMILES string of the molecule is Cc1sc2ncn(NC(=O)CN3C(=O)C4CCCCC4C3=O)c(=O)c2c1-c1ccccc1. The average Bonchev–Trinajstić information content (AvgIpc) is 3.26. The second-order valence-corrected chi connectivity index (χ2v) is 9.50. The number of nitrogens with one attached hydrogen (secondary N) is 1. The highest BCUT2D eigenvalue weighted by Crippen LogP contribution is 2.38. The van der Waals surface area contributed by atoms with Gasteiger partial charge in [0.25, 0.3) is 11.5 Å². The van der Waals surface area contributed by atoms with E-state index < -0.39 is 18.0 Å². The van der Waals surface area contributed by atoms with Crippen molar-refractivity contribution >= 4 is 39.3 Å². The quantitative estimate of drug-likeness (QED) is 0.616. The van der Waals surface area contributed by atoms with Gasteiger partial charge in [0.1, 0.15) is 17.7 Å². The van der Waals surface area contributed by atoms with Crippen LogP contribution in [0.2, 0.25) is 0 Å². The lowest BCUT2D eigenvalue weighted by atomic mass is 9.81. The Balaban J connectivity index is 1.42. The fraction of sp³-hybridized carbons (Fsp3) is 0.348. The summed E-state index contributed by atoms with van der Waals surface area (Å²) in [6.07, 6.45) is 4.48. The molecule has 1 aliphatic carbocycles. The Morgan fingerprint density at radius 2 is 1.75 bits per heavy atom. The molecular formula is C23H22N4O4S. The van der Waals surface area contributed by atoms with E-state index in [9.17, 15) is 19.2 Å². The number of rotatable bonds is 4. The van der Waals surface area contributed by atoms with E-state index in [1.54, 1.807) is 0 Å². The smallest absolute Gasteiger partial charge is 0.274 e. The number of benzene rings is 1. The van der Waals surface area contributed by atoms with Crippen molar-refractivity contribution in [2.24, 2.45) is 11.8 Å². The fourth-order valence-electron chi connectivity index (χ4n) is 4.83. The highest BCUT2D eigenvalue weighted by molar-refractivity contribution is 7.19. The molecule has 8 nitrogen and oxygen atoms in total. The number of aromatic nitrogens is 2. The lowest BCUT2D eigenvalue weighted by Gasteiger charge is -2.19. The van der Waals surface area contributed by atoms with E-state index in [0.717, 1.165) is 38.4 Å². The third kappa shape index (κ3) is 3.33. The Kier molecular flexibility index (Phi) is 5.13. The summed E-state index contributed by atoms with van der Waals surface area (Å²) < 4.78 is 1.03. The lowest BCUT2D eigenvalue weighted by molar-refractivity contribution is -0.142. The van der Waals surface area contributed by atoms with Gasteiger partial charge < -0.3 is 0 Å². The average molecular weight is 451 g/mol. The van der Waals surface area contributed by atoms with Gasteiger partial charge in [-0.2, -0.15) is 0 Å². The number of nitrogens with zero attached hydrogens (tertiary/aromatic N) is 3. The first-order valence-electron chi connectivity index (χ1n) is 10.7. The maximum atomic E-state index is 13.2. The van der Waals surface area contributed by atoms with Crippen LogP contribution in [-0.4, -0.2) is 38.8 Å². The van der Waals surface area contributed by atoms with Crippen molar-refractivity contribution in [1.29, 1.82) is 0 Å². The van der Waals surface area contributed by atoms with E-state index in [4.69, 9.17) is 0 Å². The molecule has 0 bridgehead atoms. The molecule has 2 aromatic heterocycles. The first-order valence-corrected chi connectivity index (χ1v) is 11.5. The van der Waals surface area contributed by atoms with Crippen molar-refractivity contribution in [3.63, 3.8) is 0 Å². The molecule has 0 radical (unpaired) electrons. The summed E-state index contributed by atoms with van der Waals surface area (Å²) in [6.45, 7) is 1.53. The van der Waals surface area contributed by atoms with Crippen LogP contribution in [0, 0.1) is 18.8 Å². The number of hydrogen-bond acceptors (Lipinski definition) is 6. The molecule has 32 heavy (non-hydrogen) atoms. The van der Waals surface area contributed by atoms with Crippen LogP contribution in [0.25, 0.3) is 21.3 Å². The fourth-order valence-corrected chi connectivity index (χ4v) is 5.84. The van der Waals surface area contributed by atoms with E-state index in [1.807, 2.05) is 37.3 Å². The molecule has 1 saturated carbocycles. The molecule has 9 heteroatoms. The van der Waals surface area contributed by atoms with Gasteiger partial charge in [-0.05, 0) is 25.3 Å². The van der Waals surface area contributed by atoms with Gasteiger partial charge in [-0.3, -0.25) is 29.5 Å². The normalized spacial score (nSPS) is 20.6. The third-order valence-electron chi connectivity index (χ3n) is 6.33. The molecule has 2 unspecified atom stereocenters. The standard InChI is InChI=1S/C23H22N4O4S/c1-13-18(14-7-3-2-4-8-14)19-20(32-13)24-12-27(23(19)31)25-17(28)11-26-21(29)15-9-5-6-10-16(15)22(26)30/h2-4,7-8,12,15-16H,5-6,9-11H2,1H3,(H,25,28). The maximum Gasteiger partial charge on any atom is 0.281 e. The predicted octanol–water partition coefficient (Wildman–Crippen LogP) is 2.68. The van der Waals surface area contributed by atoms with E-state index in [2.05, 4.69) is 10.4 Å². The lowest BCUT2D eigenvalue weighted by Crippen LogP contribution is -2.42. The molecule has 1 saturated heterocycles. The maximum absolute atomic E-state index is 13.2. The van der Waals surface area contributed by atoms with Crippen LogP contribution in [0.15, 0.2) is 41.5 Å². The minimum absolute atomic E-state index is 0.282. The molecule has 3 heterocycles.